The van der Waals surface area contributed by atoms with Crippen molar-refractivity contribution in [3.8, 4) is 0 Å². The van der Waals surface area contributed by atoms with E-state index >= 15 is 0 Å². The molecule has 0 radical (unpaired) electrons. The summed E-state index contributed by atoms with van der Waals surface area (Å²) in [7, 11) is 1.60. The van der Waals surface area contributed by atoms with Crippen LogP contribution in [0.3, 0.4) is 0 Å². The fourth-order valence-electron chi connectivity index (χ4n) is 2.68. The normalized spacial score (nSPS) is 11.4. The van der Waals surface area contributed by atoms with E-state index in [2.05, 4.69) is 0 Å². The van der Waals surface area contributed by atoms with E-state index in [0.29, 0.717) is 19.8 Å². The maximum atomic E-state index is 11.4. The molecule has 0 spiro atoms. The van der Waals surface area contributed by atoms with Crippen molar-refractivity contribution >= 4 is 0 Å². The fourth-order valence-corrected chi connectivity index (χ4v) is 2.68. The summed E-state index contributed by atoms with van der Waals surface area (Å²) in [6.07, 6.45) is 0. The minimum Gasteiger partial charge on any atom is -0.382 e. The smallest absolute Gasteiger partial charge is 0.240 e. The third kappa shape index (κ3) is 5.35. The Kier molecular flexibility index (Phi) is 7.53. The Balaban J connectivity index is 2.26. The van der Waals surface area contributed by atoms with E-state index in [0.717, 1.165) is 11.1 Å². The first-order valence-corrected chi connectivity index (χ1v) is 8.12. The fraction of sp³-hybridized carbons (Fsp3) is 0.368. The number of rotatable bonds is 11. The quantitative estimate of drug-likeness (QED) is 0.356. The van der Waals surface area contributed by atoms with Crippen LogP contribution in [0.5, 0.6) is 0 Å². The summed E-state index contributed by atoms with van der Waals surface area (Å²) in [4.78, 5) is 11.1. The summed E-state index contributed by atoms with van der Waals surface area (Å²) in [5, 5.41) is 11.4. The molecule has 0 saturated heterocycles. The van der Waals surface area contributed by atoms with Crippen molar-refractivity contribution in [3.05, 3.63) is 81.9 Å². The minimum absolute atomic E-state index is 0.237. The Morgan fingerprint density at radius 3 is 1.88 bits per heavy atom. The van der Waals surface area contributed by atoms with Gasteiger partial charge in [0.15, 0.2) is 5.60 Å². The third-order valence-corrected chi connectivity index (χ3v) is 3.84. The first-order valence-electron chi connectivity index (χ1n) is 8.12. The zero-order chi connectivity index (χ0) is 18.0. The average Bonchev–Trinajstić information content (AvgIpc) is 2.64. The van der Waals surface area contributed by atoms with Crippen molar-refractivity contribution in [1.82, 2.24) is 0 Å². The van der Waals surface area contributed by atoms with Gasteiger partial charge in [-0.05, 0) is 11.1 Å². The highest BCUT2D eigenvalue weighted by Crippen LogP contribution is 2.34. The van der Waals surface area contributed by atoms with Gasteiger partial charge in [0.25, 0.3) is 0 Å². The third-order valence-electron chi connectivity index (χ3n) is 3.84. The maximum absolute atomic E-state index is 11.4. The van der Waals surface area contributed by atoms with Gasteiger partial charge in [0.2, 0.25) is 6.54 Å². The highest BCUT2D eigenvalue weighted by molar-refractivity contribution is 5.36. The molecule has 0 saturated carbocycles. The molecule has 134 valence electrons. The molecule has 2 aromatic carbocycles. The van der Waals surface area contributed by atoms with Crippen molar-refractivity contribution in [2.45, 2.75) is 5.60 Å². The summed E-state index contributed by atoms with van der Waals surface area (Å²) in [6, 6.07) is 18.6. The van der Waals surface area contributed by atoms with Crippen molar-refractivity contribution in [2.75, 3.05) is 40.1 Å². The molecule has 6 heteroatoms. The minimum atomic E-state index is -1.16. The van der Waals surface area contributed by atoms with Crippen LogP contribution in [0.15, 0.2) is 60.7 Å². The van der Waals surface area contributed by atoms with Crippen molar-refractivity contribution in [3.63, 3.8) is 0 Å². The van der Waals surface area contributed by atoms with E-state index in [1.165, 1.54) is 0 Å². The zero-order valence-corrected chi connectivity index (χ0v) is 14.3. The first-order chi connectivity index (χ1) is 12.2. The molecule has 6 nitrogen and oxygen atoms in total. The molecule has 0 unspecified atom stereocenters. The summed E-state index contributed by atoms with van der Waals surface area (Å²) in [5.74, 6) is 0. The van der Waals surface area contributed by atoms with E-state index in [1.54, 1.807) is 7.11 Å². The number of benzene rings is 2. The lowest BCUT2D eigenvalue weighted by molar-refractivity contribution is -0.501. The van der Waals surface area contributed by atoms with Crippen LogP contribution in [-0.4, -0.2) is 45.0 Å². The Bertz CT molecular complexity index is 593. The van der Waals surface area contributed by atoms with Gasteiger partial charge in [0.05, 0.1) is 26.4 Å². The monoisotopic (exact) mass is 345 g/mol. The van der Waals surface area contributed by atoms with Crippen LogP contribution < -0.4 is 0 Å². The van der Waals surface area contributed by atoms with Gasteiger partial charge in [-0.15, -0.1) is 0 Å². The molecular formula is C19H23NO5. The van der Waals surface area contributed by atoms with Crippen molar-refractivity contribution in [2.24, 2.45) is 0 Å². The van der Waals surface area contributed by atoms with Crippen LogP contribution in [0.2, 0.25) is 0 Å². The second-order valence-corrected chi connectivity index (χ2v) is 5.50. The highest BCUT2D eigenvalue weighted by atomic mass is 16.6. The van der Waals surface area contributed by atoms with Gasteiger partial charge < -0.3 is 14.2 Å². The largest absolute Gasteiger partial charge is 0.382 e. The van der Waals surface area contributed by atoms with Crippen molar-refractivity contribution in [1.29, 1.82) is 0 Å². The van der Waals surface area contributed by atoms with E-state index in [9.17, 15) is 10.1 Å². The van der Waals surface area contributed by atoms with E-state index in [1.807, 2.05) is 60.7 Å². The standard InChI is InChI=1S/C19H23NO5/c1-23-12-13-24-14-15-25-19(16-20(21)22,17-8-4-2-5-9-17)18-10-6-3-7-11-18/h2-11H,12-16H2,1H3. The predicted molar refractivity (Wildman–Crippen MR) is 94.2 cm³/mol. The first kappa shape index (κ1) is 19.1. The molecule has 0 aliphatic heterocycles. The molecule has 2 aromatic rings. The maximum Gasteiger partial charge on any atom is 0.240 e. The summed E-state index contributed by atoms with van der Waals surface area (Å²) >= 11 is 0. The highest BCUT2D eigenvalue weighted by Gasteiger charge is 2.40. The van der Waals surface area contributed by atoms with Gasteiger partial charge >= 0.3 is 0 Å². The molecule has 0 aromatic heterocycles. The average molecular weight is 345 g/mol. The molecule has 0 aliphatic carbocycles. The number of hydrogen-bond donors (Lipinski definition) is 0. The molecule has 0 N–H and O–H groups in total. The SMILES string of the molecule is COCCOCCOC(C[N+](=O)[O-])(c1ccccc1)c1ccccc1. The molecule has 0 bridgehead atoms. The molecule has 0 fully saturated rings. The van der Waals surface area contributed by atoms with Gasteiger partial charge in [-0.25, -0.2) is 0 Å². The van der Waals surface area contributed by atoms with Crippen LogP contribution in [-0.2, 0) is 19.8 Å². The number of ether oxygens (including phenoxy) is 3. The number of methoxy groups -OCH3 is 1. The Labute approximate surface area is 147 Å². The lowest BCUT2D eigenvalue weighted by Crippen LogP contribution is -2.39. The molecular weight excluding hydrogens is 322 g/mol. The van der Waals surface area contributed by atoms with Crippen LogP contribution in [0.25, 0.3) is 0 Å². The Morgan fingerprint density at radius 1 is 0.880 bits per heavy atom. The van der Waals surface area contributed by atoms with Gasteiger partial charge in [0.1, 0.15) is 0 Å². The summed E-state index contributed by atoms with van der Waals surface area (Å²) < 4.78 is 16.4. The van der Waals surface area contributed by atoms with Crippen LogP contribution in [0, 0.1) is 10.1 Å². The predicted octanol–water partition coefficient (Wildman–Crippen LogP) is 2.89. The van der Waals surface area contributed by atoms with Crippen LogP contribution in [0.4, 0.5) is 0 Å². The van der Waals surface area contributed by atoms with E-state index in [4.69, 9.17) is 14.2 Å². The Morgan fingerprint density at radius 2 is 1.40 bits per heavy atom. The lowest BCUT2D eigenvalue weighted by Gasteiger charge is -2.31. The molecule has 0 atom stereocenters. The topological polar surface area (TPSA) is 70.8 Å². The summed E-state index contributed by atoms with van der Waals surface area (Å²) in [5.41, 5.74) is 0.334. The molecule has 25 heavy (non-hydrogen) atoms. The van der Waals surface area contributed by atoms with Crippen molar-refractivity contribution < 1.29 is 19.1 Å². The number of hydrogen-bond acceptors (Lipinski definition) is 5. The molecule has 2 rings (SSSR count). The second kappa shape index (κ2) is 9.88. The second-order valence-electron chi connectivity index (χ2n) is 5.50. The molecule has 0 amide bonds. The van der Waals surface area contributed by atoms with Crippen LogP contribution in [0.1, 0.15) is 11.1 Å². The molecule has 0 aliphatic rings. The number of nitrogens with zero attached hydrogens (tertiary/aromatic N) is 1. The van der Waals surface area contributed by atoms with Gasteiger partial charge in [-0.1, -0.05) is 60.7 Å². The van der Waals surface area contributed by atoms with Gasteiger partial charge in [0, 0.05) is 12.0 Å². The summed E-state index contributed by atoms with van der Waals surface area (Å²) in [6.45, 7) is 1.17. The Hall–Kier alpha value is -2.28. The number of nitro groups is 1. The van der Waals surface area contributed by atoms with E-state index < -0.39 is 5.60 Å². The van der Waals surface area contributed by atoms with Gasteiger partial charge in [-0.2, -0.15) is 0 Å². The zero-order valence-electron chi connectivity index (χ0n) is 14.3. The van der Waals surface area contributed by atoms with Crippen LogP contribution >= 0.6 is 0 Å². The lowest BCUT2D eigenvalue weighted by atomic mass is 9.86. The van der Waals surface area contributed by atoms with E-state index in [-0.39, 0.29) is 18.1 Å². The molecule has 0 heterocycles. The van der Waals surface area contributed by atoms with Gasteiger partial charge in [-0.3, -0.25) is 10.1 Å².